The van der Waals surface area contributed by atoms with Gasteiger partial charge in [-0.1, -0.05) is 20.8 Å². The van der Waals surface area contributed by atoms with Gasteiger partial charge >= 0.3 is 0 Å². The third-order valence-electron chi connectivity index (χ3n) is 3.58. The van der Waals surface area contributed by atoms with Crippen molar-refractivity contribution in [3.63, 3.8) is 0 Å². The Balaban J connectivity index is 2.14. The normalized spacial score (nSPS) is 12.5. The van der Waals surface area contributed by atoms with E-state index in [-0.39, 0.29) is 5.41 Å². The van der Waals surface area contributed by atoms with Gasteiger partial charge in [0, 0.05) is 30.9 Å². The van der Waals surface area contributed by atoms with Gasteiger partial charge in [-0.3, -0.25) is 4.90 Å². The van der Waals surface area contributed by atoms with Crippen molar-refractivity contribution in [2.24, 2.45) is 11.1 Å². The molecule has 0 amide bonds. The van der Waals surface area contributed by atoms with Gasteiger partial charge < -0.3 is 10.7 Å². The summed E-state index contributed by atoms with van der Waals surface area (Å²) >= 11 is 0. The monoisotopic (exact) mass is 260 g/mol. The highest BCUT2D eigenvalue weighted by atomic mass is 15.1. The molecule has 2 rings (SSSR count). The standard InChI is InChI=1S/C15H24N4/c1-4-19(11-15(2,3)10-16)9-12-8-18-14-13(12)6-5-7-17-14/h5-8H,4,9-11,16H2,1-3H3,(H,17,18). The molecule has 104 valence electrons. The van der Waals surface area contributed by atoms with Crippen LogP contribution in [0.15, 0.2) is 24.5 Å². The Kier molecular flexibility index (Phi) is 4.22. The number of fused-ring (bicyclic) bond motifs is 1. The molecule has 0 radical (unpaired) electrons. The highest BCUT2D eigenvalue weighted by Crippen LogP contribution is 2.20. The maximum atomic E-state index is 5.83. The van der Waals surface area contributed by atoms with Gasteiger partial charge in [-0.25, -0.2) is 4.98 Å². The average Bonchev–Trinajstić information content (AvgIpc) is 2.81. The molecule has 0 aliphatic rings. The summed E-state index contributed by atoms with van der Waals surface area (Å²) in [5, 5.41) is 1.21. The molecule has 19 heavy (non-hydrogen) atoms. The van der Waals surface area contributed by atoms with Gasteiger partial charge in [-0.05, 0) is 36.2 Å². The second-order valence-electron chi connectivity index (χ2n) is 5.89. The lowest BCUT2D eigenvalue weighted by molar-refractivity contribution is 0.184. The fourth-order valence-electron chi connectivity index (χ4n) is 2.33. The van der Waals surface area contributed by atoms with E-state index >= 15 is 0 Å². The van der Waals surface area contributed by atoms with E-state index in [2.05, 4.69) is 47.9 Å². The number of rotatable bonds is 6. The lowest BCUT2D eigenvalue weighted by Gasteiger charge is -2.30. The zero-order valence-corrected chi connectivity index (χ0v) is 12.1. The van der Waals surface area contributed by atoms with Crippen molar-refractivity contribution in [3.05, 3.63) is 30.1 Å². The van der Waals surface area contributed by atoms with Gasteiger partial charge in [0.05, 0.1) is 0 Å². The lowest BCUT2D eigenvalue weighted by Crippen LogP contribution is -2.38. The number of hydrogen-bond acceptors (Lipinski definition) is 3. The minimum atomic E-state index is 0.153. The Bertz CT molecular complexity index is 530. The number of nitrogens with two attached hydrogens (primary N) is 1. The molecular weight excluding hydrogens is 236 g/mol. The van der Waals surface area contributed by atoms with E-state index in [9.17, 15) is 0 Å². The summed E-state index contributed by atoms with van der Waals surface area (Å²) in [4.78, 5) is 10.00. The predicted octanol–water partition coefficient (Wildman–Crippen LogP) is 2.37. The number of hydrogen-bond donors (Lipinski definition) is 2. The van der Waals surface area contributed by atoms with Crippen LogP contribution >= 0.6 is 0 Å². The van der Waals surface area contributed by atoms with Gasteiger partial charge in [-0.15, -0.1) is 0 Å². The third kappa shape index (κ3) is 3.33. The highest BCUT2D eigenvalue weighted by Gasteiger charge is 2.20. The van der Waals surface area contributed by atoms with Crippen LogP contribution in [0.5, 0.6) is 0 Å². The molecule has 0 saturated carbocycles. The summed E-state index contributed by atoms with van der Waals surface area (Å²) in [7, 11) is 0. The molecule has 0 spiro atoms. The molecule has 0 fully saturated rings. The maximum Gasteiger partial charge on any atom is 0.137 e. The van der Waals surface area contributed by atoms with Crippen LogP contribution in [0.4, 0.5) is 0 Å². The van der Waals surface area contributed by atoms with E-state index in [1.54, 1.807) is 0 Å². The summed E-state index contributed by atoms with van der Waals surface area (Å²) < 4.78 is 0. The van der Waals surface area contributed by atoms with E-state index in [1.165, 1.54) is 10.9 Å². The molecule has 2 heterocycles. The average molecular weight is 260 g/mol. The van der Waals surface area contributed by atoms with Crippen molar-refractivity contribution in [1.82, 2.24) is 14.9 Å². The van der Waals surface area contributed by atoms with E-state index in [0.29, 0.717) is 6.54 Å². The van der Waals surface area contributed by atoms with Crippen LogP contribution in [-0.4, -0.2) is 34.5 Å². The van der Waals surface area contributed by atoms with Crippen molar-refractivity contribution in [2.45, 2.75) is 27.3 Å². The first-order chi connectivity index (χ1) is 9.05. The number of nitrogens with one attached hydrogen (secondary N) is 1. The van der Waals surface area contributed by atoms with E-state index in [1.807, 2.05) is 12.3 Å². The van der Waals surface area contributed by atoms with E-state index in [0.717, 1.165) is 25.3 Å². The predicted molar refractivity (Wildman–Crippen MR) is 79.9 cm³/mol. The molecule has 0 bridgehead atoms. The molecule has 3 N–H and O–H groups in total. The van der Waals surface area contributed by atoms with E-state index < -0.39 is 0 Å². The zero-order valence-electron chi connectivity index (χ0n) is 12.1. The van der Waals surface area contributed by atoms with Crippen LogP contribution in [0.3, 0.4) is 0 Å². The van der Waals surface area contributed by atoms with Crippen molar-refractivity contribution in [3.8, 4) is 0 Å². The fraction of sp³-hybridized carbons (Fsp3) is 0.533. The first-order valence-corrected chi connectivity index (χ1v) is 6.89. The van der Waals surface area contributed by atoms with E-state index in [4.69, 9.17) is 5.73 Å². The van der Waals surface area contributed by atoms with Crippen molar-refractivity contribution < 1.29 is 0 Å². The Labute approximate surface area is 115 Å². The first kappa shape index (κ1) is 14.0. The molecule has 0 atom stereocenters. The Morgan fingerprint density at radius 1 is 1.42 bits per heavy atom. The summed E-state index contributed by atoms with van der Waals surface area (Å²) in [6, 6.07) is 4.11. The van der Waals surface area contributed by atoms with Gasteiger partial charge in [0.15, 0.2) is 0 Å². The minimum absolute atomic E-state index is 0.153. The number of pyridine rings is 1. The fourth-order valence-corrected chi connectivity index (χ4v) is 2.33. The van der Waals surface area contributed by atoms with Gasteiger partial charge in [-0.2, -0.15) is 0 Å². The van der Waals surface area contributed by atoms with Crippen molar-refractivity contribution in [1.29, 1.82) is 0 Å². The van der Waals surface area contributed by atoms with Crippen LogP contribution < -0.4 is 5.73 Å². The molecule has 4 nitrogen and oxygen atoms in total. The van der Waals surface area contributed by atoms with Crippen LogP contribution in [0.25, 0.3) is 11.0 Å². The van der Waals surface area contributed by atoms with Crippen molar-refractivity contribution in [2.75, 3.05) is 19.6 Å². The van der Waals surface area contributed by atoms with Crippen LogP contribution in [-0.2, 0) is 6.54 Å². The third-order valence-corrected chi connectivity index (χ3v) is 3.58. The molecule has 0 aliphatic carbocycles. The summed E-state index contributed by atoms with van der Waals surface area (Å²) in [5.74, 6) is 0. The highest BCUT2D eigenvalue weighted by molar-refractivity contribution is 5.79. The summed E-state index contributed by atoms with van der Waals surface area (Å²) in [5.41, 5.74) is 8.25. The molecule has 0 unspecified atom stereocenters. The summed E-state index contributed by atoms with van der Waals surface area (Å²) in [6.07, 6.45) is 3.88. The number of aromatic amines is 1. The number of aromatic nitrogens is 2. The largest absolute Gasteiger partial charge is 0.346 e. The Morgan fingerprint density at radius 2 is 2.21 bits per heavy atom. The van der Waals surface area contributed by atoms with Crippen LogP contribution in [0.2, 0.25) is 0 Å². The van der Waals surface area contributed by atoms with Crippen LogP contribution in [0, 0.1) is 5.41 Å². The zero-order chi connectivity index (χ0) is 13.9. The Hall–Kier alpha value is -1.39. The molecule has 0 aliphatic heterocycles. The molecule has 0 saturated heterocycles. The quantitative estimate of drug-likeness (QED) is 0.838. The Morgan fingerprint density at radius 3 is 2.89 bits per heavy atom. The number of nitrogens with zero attached hydrogens (tertiary/aromatic N) is 2. The van der Waals surface area contributed by atoms with Gasteiger partial charge in [0.25, 0.3) is 0 Å². The summed E-state index contributed by atoms with van der Waals surface area (Å²) in [6.45, 7) is 10.3. The topological polar surface area (TPSA) is 57.9 Å². The lowest BCUT2D eigenvalue weighted by atomic mass is 9.93. The van der Waals surface area contributed by atoms with Crippen molar-refractivity contribution >= 4 is 11.0 Å². The second-order valence-corrected chi connectivity index (χ2v) is 5.89. The van der Waals surface area contributed by atoms with Crippen LogP contribution in [0.1, 0.15) is 26.3 Å². The maximum absolute atomic E-state index is 5.83. The SMILES string of the molecule is CCN(Cc1c[nH]c2ncccc12)CC(C)(C)CN. The first-order valence-electron chi connectivity index (χ1n) is 6.89. The smallest absolute Gasteiger partial charge is 0.137 e. The second kappa shape index (κ2) is 5.72. The molecule has 0 aromatic carbocycles. The number of H-pyrrole nitrogens is 1. The molecular formula is C15H24N4. The van der Waals surface area contributed by atoms with Gasteiger partial charge in [0.1, 0.15) is 5.65 Å². The van der Waals surface area contributed by atoms with Gasteiger partial charge in [0.2, 0.25) is 0 Å². The minimum Gasteiger partial charge on any atom is -0.346 e. The molecule has 2 aromatic rings. The molecule has 4 heteroatoms. The molecule has 2 aromatic heterocycles.